The molecule has 0 saturated heterocycles. The summed E-state index contributed by atoms with van der Waals surface area (Å²) in [7, 11) is -7.82. The minimum Gasteiger partial charge on any atom is -0.225 e. The van der Waals surface area contributed by atoms with E-state index in [1.165, 1.54) is 25.1 Å². The Morgan fingerprint density at radius 1 is 1.28 bits per heavy atom. The maximum absolute atomic E-state index is 11.8. The van der Waals surface area contributed by atoms with Crippen molar-refractivity contribution in [1.82, 2.24) is 4.72 Å². The Bertz CT molecular complexity index is 687. The highest BCUT2D eigenvalue weighted by molar-refractivity contribution is 7.90. The molecule has 0 aliphatic rings. The molecule has 1 aromatic carbocycles. The smallest absolute Gasteiger partial charge is 0.225 e. The van der Waals surface area contributed by atoms with E-state index in [1.54, 1.807) is 0 Å². The van der Waals surface area contributed by atoms with Gasteiger partial charge in [0.15, 0.2) is 0 Å². The van der Waals surface area contributed by atoms with E-state index in [1.807, 2.05) is 0 Å². The van der Waals surface area contributed by atoms with Crippen molar-refractivity contribution in [3.05, 3.63) is 24.3 Å². The van der Waals surface area contributed by atoms with Crippen LogP contribution in [0.2, 0.25) is 0 Å². The molecule has 1 atom stereocenters. The molecule has 1 unspecified atom stereocenters. The second kappa shape index (κ2) is 5.07. The highest BCUT2D eigenvalue weighted by Crippen LogP contribution is 2.14. The number of nitrogens with two attached hydrogens (primary N) is 1. The van der Waals surface area contributed by atoms with E-state index in [4.69, 9.17) is 11.6 Å². The van der Waals surface area contributed by atoms with Crippen LogP contribution >= 0.6 is 0 Å². The van der Waals surface area contributed by atoms with Gasteiger partial charge in [0.1, 0.15) is 0 Å². The van der Waals surface area contributed by atoms with Crippen LogP contribution in [0.1, 0.15) is 6.92 Å². The Kier molecular flexibility index (Phi) is 4.13. The van der Waals surface area contributed by atoms with Crippen LogP contribution < -0.4 is 9.86 Å². The Morgan fingerprint density at radius 2 is 1.83 bits per heavy atom. The Hall–Kier alpha value is -1.40. The second-order valence-corrected chi connectivity index (χ2v) is 6.80. The third-order valence-corrected chi connectivity index (χ3v) is 4.48. The largest absolute Gasteiger partial charge is 0.241 e. The van der Waals surface area contributed by atoms with E-state index in [0.29, 0.717) is 0 Å². The van der Waals surface area contributed by atoms with Crippen LogP contribution in [0.15, 0.2) is 34.1 Å². The van der Waals surface area contributed by atoms with Gasteiger partial charge in [-0.05, 0) is 25.1 Å². The fourth-order valence-corrected chi connectivity index (χ4v) is 3.00. The Balaban J connectivity index is 3.24. The van der Waals surface area contributed by atoms with Crippen molar-refractivity contribution in [1.29, 1.82) is 0 Å². The van der Waals surface area contributed by atoms with Gasteiger partial charge in [-0.2, -0.15) is 4.72 Å². The van der Waals surface area contributed by atoms with Crippen molar-refractivity contribution >= 4 is 20.0 Å². The molecule has 0 fully saturated rings. The zero-order chi connectivity index (χ0) is 14.0. The lowest BCUT2D eigenvalue weighted by Gasteiger charge is -2.09. The number of hydrogen-bond acceptors (Lipinski definition) is 4. The van der Waals surface area contributed by atoms with E-state index in [0.717, 1.165) is 6.07 Å². The molecule has 6 nitrogen and oxygen atoms in total. The lowest BCUT2D eigenvalue weighted by molar-refractivity contribution is 0.577. The fraction of sp³-hybridized carbons (Fsp3) is 0.200. The molecule has 0 bridgehead atoms. The highest BCUT2D eigenvalue weighted by Gasteiger charge is 2.18. The molecule has 0 heterocycles. The summed E-state index contributed by atoms with van der Waals surface area (Å²) in [5.41, 5.74) is 0. The number of sulfonamides is 2. The van der Waals surface area contributed by atoms with Crippen LogP contribution in [-0.4, -0.2) is 22.9 Å². The third kappa shape index (κ3) is 3.54. The third-order valence-electron chi connectivity index (χ3n) is 2.03. The van der Waals surface area contributed by atoms with Crippen LogP contribution in [0.4, 0.5) is 0 Å². The minimum absolute atomic E-state index is 0.212. The molecule has 1 rings (SSSR count). The highest BCUT2D eigenvalue weighted by atomic mass is 32.2. The van der Waals surface area contributed by atoms with Crippen molar-refractivity contribution in [2.75, 3.05) is 0 Å². The van der Waals surface area contributed by atoms with Gasteiger partial charge in [-0.15, -0.1) is 6.42 Å². The van der Waals surface area contributed by atoms with E-state index in [9.17, 15) is 16.8 Å². The number of benzene rings is 1. The SMILES string of the molecule is C#CC(C)NS(=O)(=O)c1cccc(S(N)(=O)=O)c1. The van der Waals surface area contributed by atoms with Gasteiger partial charge in [0.25, 0.3) is 0 Å². The molecule has 3 N–H and O–H groups in total. The van der Waals surface area contributed by atoms with Gasteiger partial charge < -0.3 is 0 Å². The zero-order valence-corrected chi connectivity index (χ0v) is 11.1. The topological polar surface area (TPSA) is 106 Å². The molecule has 98 valence electrons. The summed E-state index contributed by atoms with van der Waals surface area (Å²) in [4.78, 5) is -0.491. The molecule has 18 heavy (non-hydrogen) atoms. The first kappa shape index (κ1) is 14.7. The first-order valence-corrected chi connectivity index (χ1v) is 7.81. The normalized spacial score (nSPS) is 13.8. The molecule has 0 aromatic heterocycles. The molecule has 0 amide bonds. The molecular weight excluding hydrogens is 276 g/mol. The first-order valence-electron chi connectivity index (χ1n) is 4.78. The van der Waals surface area contributed by atoms with Crippen molar-refractivity contribution in [2.24, 2.45) is 5.14 Å². The molecule has 0 aliphatic carbocycles. The molecule has 8 heteroatoms. The van der Waals surface area contributed by atoms with Gasteiger partial charge in [0.05, 0.1) is 15.8 Å². The second-order valence-electron chi connectivity index (χ2n) is 3.53. The number of hydrogen-bond donors (Lipinski definition) is 2. The lowest BCUT2D eigenvalue weighted by atomic mass is 10.4. The first-order chi connectivity index (χ1) is 8.16. The molecule has 0 saturated carbocycles. The van der Waals surface area contributed by atoms with Gasteiger partial charge in [-0.25, -0.2) is 22.0 Å². The summed E-state index contributed by atoms with van der Waals surface area (Å²) in [5.74, 6) is 2.20. The number of nitrogens with one attached hydrogen (secondary N) is 1. The van der Waals surface area contributed by atoms with Gasteiger partial charge in [-0.3, -0.25) is 0 Å². The number of primary sulfonamides is 1. The molecular formula is C10H12N2O4S2. The molecule has 0 spiro atoms. The van der Waals surface area contributed by atoms with Crippen molar-refractivity contribution in [2.45, 2.75) is 22.8 Å². The van der Waals surface area contributed by atoms with Crippen LogP contribution in [0.5, 0.6) is 0 Å². The van der Waals surface area contributed by atoms with Crippen molar-refractivity contribution < 1.29 is 16.8 Å². The molecule has 1 aromatic rings. The zero-order valence-electron chi connectivity index (χ0n) is 9.49. The van der Waals surface area contributed by atoms with Gasteiger partial charge in [-0.1, -0.05) is 12.0 Å². The van der Waals surface area contributed by atoms with Crippen molar-refractivity contribution in [3.8, 4) is 12.3 Å². The number of rotatable bonds is 4. The van der Waals surface area contributed by atoms with Gasteiger partial charge >= 0.3 is 0 Å². The molecule has 0 aliphatic heterocycles. The summed E-state index contributed by atoms with van der Waals surface area (Å²) < 4.78 is 48.1. The van der Waals surface area contributed by atoms with E-state index in [2.05, 4.69) is 10.6 Å². The maximum Gasteiger partial charge on any atom is 0.241 e. The predicted molar refractivity (Wildman–Crippen MR) is 66.4 cm³/mol. The monoisotopic (exact) mass is 288 g/mol. The summed E-state index contributed by atoms with van der Waals surface area (Å²) in [5, 5.41) is 4.92. The minimum atomic E-state index is -3.95. The van der Waals surface area contributed by atoms with Crippen LogP contribution in [-0.2, 0) is 20.0 Å². The van der Waals surface area contributed by atoms with E-state index >= 15 is 0 Å². The molecule has 0 radical (unpaired) electrons. The van der Waals surface area contributed by atoms with E-state index in [-0.39, 0.29) is 9.79 Å². The quantitative estimate of drug-likeness (QED) is 0.737. The van der Waals surface area contributed by atoms with E-state index < -0.39 is 26.1 Å². The summed E-state index contributed by atoms with van der Waals surface area (Å²) in [6.45, 7) is 1.49. The Morgan fingerprint density at radius 3 is 2.33 bits per heavy atom. The fourth-order valence-electron chi connectivity index (χ4n) is 1.15. The summed E-state index contributed by atoms with van der Waals surface area (Å²) >= 11 is 0. The van der Waals surface area contributed by atoms with Crippen molar-refractivity contribution in [3.63, 3.8) is 0 Å². The van der Waals surface area contributed by atoms with Gasteiger partial charge in [0, 0.05) is 0 Å². The van der Waals surface area contributed by atoms with Crippen LogP contribution in [0.3, 0.4) is 0 Å². The summed E-state index contributed by atoms with van der Waals surface area (Å²) in [6, 6.07) is 4.02. The summed E-state index contributed by atoms with van der Waals surface area (Å²) in [6.07, 6.45) is 5.06. The van der Waals surface area contributed by atoms with Crippen LogP contribution in [0.25, 0.3) is 0 Å². The number of terminal acetylenes is 1. The Labute approximate surface area is 106 Å². The average Bonchev–Trinajstić information content (AvgIpc) is 2.27. The lowest BCUT2D eigenvalue weighted by Crippen LogP contribution is -2.31. The average molecular weight is 288 g/mol. The van der Waals surface area contributed by atoms with Gasteiger partial charge in [0.2, 0.25) is 20.0 Å². The standard InChI is InChI=1S/C10H12N2O4S2/c1-3-8(2)12-18(15,16)10-6-4-5-9(7-10)17(11,13)14/h1,4-8,12H,2H3,(H2,11,13,14). The maximum atomic E-state index is 11.8. The predicted octanol–water partition coefficient (Wildman–Crippen LogP) is -0.366. The van der Waals surface area contributed by atoms with Crippen LogP contribution in [0, 0.1) is 12.3 Å².